The van der Waals surface area contributed by atoms with E-state index < -0.39 is 5.97 Å². The maximum atomic E-state index is 11.6. The van der Waals surface area contributed by atoms with Gasteiger partial charge in [0.25, 0.3) is 0 Å². The molecular weight excluding hydrogens is 421 g/mol. The van der Waals surface area contributed by atoms with Crippen LogP contribution in [0.5, 0.6) is 5.75 Å². The molecule has 1 N–H and O–H groups in total. The van der Waals surface area contributed by atoms with Crippen LogP contribution in [0.3, 0.4) is 0 Å². The zero-order valence-electron chi connectivity index (χ0n) is 19.3. The topological polar surface area (TPSA) is 51.5 Å². The van der Waals surface area contributed by atoms with Crippen LogP contribution in [0.4, 0.5) is 0 Å². The molecule has 1 aliphatic rings. The number of benzene rings is 2. The third-order valence-corrected chi connectivity index (χ3v) is 6.19. The molecule has 1 aromatic heterocycles. The molecular formula is C25H27ClNNaO3. The molecule has 1 fully saturated rings. The number of halogens is 1. The van der Waals surface area contributed by atoms with E-state index in [1.54, 1.807) is 6.07 Å². The number of carboxylic acid groups (broad SMARTS) is 1. The number of aromatic nitrogens is 1. The van der Waals surface area contributed by atoms with Gasteiger partial charge in [0.15, 0.2) is 0 Å². The van der Waals surface area contributed by atoms with Crippen LogP contribution in [-0.4, -0.2) is 22.2 Å². The molecule has 31 heavy (non-hydrogen) atoms. The van der Waals surface area contributed by atoms with E-state index in [0.717, 1.165) is 34.0 Å². The Morgan fingerprint density at radius 1 is 1.13 bits per heavy atom. The van der Waals surface area contributed by atoms with E-state index in [9.17, 15) is 9.90 Å². The van der Waals surface area contributed by atoms with Gasteiger partial charge in [0.05, 0.1) is 17.9 Å². The number of aryl methyl sites for hydroxylation is 2. The molecule has 0 amide bonds. The van der Waals surface area contributed by atoms with Crippen molar-refractivity contribution in [3.8, 4) is 22.7 Å². The Kier molecular flexibility index (Phi) is 7.92. The van der Waals surface area contributed by atoms with Crippen molar-refractivity contribution in [3.63, 3.8) is 0 Å². The van der Waals surface area contributed by atoms with Crippen LogP contribution in [0.25, 0.3) is 16.9 Å². The summed E-state index contributed by atoms with van der Waals surface area (Å²) in [7, 11) is 0. The van der Waals surface area contributed by atoms with E-state index in [1.807, 2.05) is 56.3 Å². The first-order valence-electron chi connectivity index (χ1n) is 10.4. The monoisotopic (exact) mass is 447 g/mol. The van der Waals surface area contributed by atoms with E-state index in [2.05, 4.69) is 4.57 Å². The number of hydrogen-bond acceptors (Lipinski definition) is 2. The average molecular weight is 448 g/mol. The molecule has 0 aliphatic heterocycles. The SMILES string of the molecule is Cc1ccc(-n2c(C)ccc2-c2cc(Cl)ccc2OCC2CCCC2)cc1C(=O)O.[H-].[Na+]. The molecule has 0 radical (unpaired) electrons. The normalized spacial score (nSPS) is 13.8. The molecule has 1 heterocycles. The Balaban J connectivity index is 0.00000181. The molecule has 0 saturated heterocycles. The van der Waals surface area contributed by atoms with Gasteiger partial charge in [0.2, 0.25) is 0 Å². The second kappa shape index (κ2) is 10.3. The fourth-order valence-electron chi connectivity index (χ4n) is 4.28. The van der Waals surface area contributed by atoms with Crippen LogP contribution >= 0.6 is 11.6 Å². The summed E-state index contributed by atoms with van der Waals surface area (Å²) in [4.78, 5) is 11.6. The predicted molar refractivity (Wildman–Crippen MR) is 121 cm³/mol. The first-order chi connectivity index (χ1) is 14.4. The molecule has 158 valence electrons. The number of hydrogen-bond donors (Lipinski definition) is 1. The van der Waals surface area contributed by atoms with Crippen LogP contribution in [0.2, 0.25) is 5.02 Å². The summed E-state index contributed by atoms with van der Waals surface area (Å²) in [6.07, 6.45) is 5.01. The van der Waals surface area contributed by atoms with Gasteiger partial charge in [0, 0.05) is 22.0 Å². The first-order valence-corrected chi connectivity index (χ1v) is 10.8. The quantitative estimate of drug-likeness (QED) is 0.585. The third kappa shape index (κ3) is 5.20. The second-order valence-electron chi connectivity index (χ2n) is 8.10. The van der Waals surface area contributed by atoms with Crippen LogP contribution < -0.4 is 34.3 Å². The van der Waals surface area contributed by atoms with E-state index in [-0.39, 0.29) is 31.0 Å². The van der Waals surface area contributed by atoms with Crippen molar-refractivity contribution < 1.29 is 45.6 Å². The van der Waals surface area contributed by atoms with E-state index in [1.165, 1.54) is 25.7 Å². The van der Waals surface area contributed by atoms with Crippen molar-refractivity contribution in [2.75, 3.05) is 6.61 Å². The Labute approximate surface area is 212 Å². The zero-order chi connectivity index (χ0) is 21.3. The van der Waals surface area contributed by atoms with Crippen LogP contribution in [0.1, 0.15) is 48.7 Å². The molecule has 4 rings (SSSR count). The minimum absolute atomic E-state index is 0. The minimum atomic E-state index is -0.927. The maximum absolute atomic E-state index is 11.6. The molecule has 2 aromatic carbocycles. The van der Waals surface area contributed by atoms with Crippen molar-refractivity contribution in [2.45, 2.75) is 39.5 Å². The molecule has 3 aromatic rings. The number of nitrogens with zero attached hydrogens (tertiary/aromatic N) is 1. The summed E-state index contributed by atoms with van der Waals surface area (Å²) < 4.78 is 8.30. The van der Waals surface area contributed by atoms with Gasteiger partial charge in [-0.2, -0.15) is 0 Å². The molecule has 4 nitrogen and oxygen atoms in total. The van der Waals surface area contributed by atoms with Crippen molar-refractivity contribution in [3.05, 3.63) is 70.4 Å². The van der Waals surface area contributed by atoms with Gasteiger partial charge in [0.1, 0.15) is 5.75 Å². The van der Waals surface area contributed by atoms with Crippen molar-refractivity contribution >= 4 is 17.6 Å². The van der Waals surface area contributed by atoms with Gasteiger partial charge in [-0.15, -0.1) is 0 Å². The van der Waals surface area contributed by atoms with E-state index >= 15 is 0 Å². The minimum Gasteiger partial charge on any atom is -1.00 e. The smallest absolute Gasteiger partial charge is 1.00 e. The number of carbonyl (C=O) groups is 1. The summed E-state index contributed by atoms with van der Waals surface area (Å²) in [6.45, 7) is 4.53. The van der Waals surface area contributed by atoms with E-state index in [0.29, 0.717) is 23.1 Å². The number of carboxylic acids is 1. The van der Waals surface area contributed by atoms with E-state index in [4.69, 9.17) is 16.3 Å². The third-order valence-electron chi connectivity index (χ3n) is 5.95. The fourth-order valence-corrected chi connectivity index (χ4v) is 4.46. The Morgan fingerprint density at radius 3 is 2.58 bits per heavy atom. The Morgan fingerprint density at radius 2 is 1.87 bits per heavy atom. The number of rotatable bonds is 6. The summed E-state index contributed by atoms with van der Waals surface area (Å²) in [6, 6.07) is 15.3. The standard InChI is InChI=1S/C25H26ClNO3.Na.H/c1-16-7-10-20(14-21(16)25(28)29)27-17(2)8-11-23(27)22-13-19(26)9-12-24(22)30-15-18-5-3-4-6-18;;/h7-14,18H,3-6,15H2,1-2H3,(H,28,29);;/q;+1;-1. The molecule has 0 spiro atoms. The maximum Gasteiger partial charge on any atom is 1.00 e. The van der Waals surface area contributed by atoms with Crippen LogP contribution in [-0.2, 0) is 0 Å². The Bertz CT molecular complexity index is 1090. The van der Waals surface area contributed by atoms with Crippen LogP contribution in [0.15, 0.2) is 48.5 Å². The summed E-state index contributed by atoms with van der Waals surface area (Å²) in [5.41, 5.74) is 4.68. The Hall–Kier alpha value is -1.72. The van der Waals surface area contributed by atoms with Crippen LogP contribution in [0, 0.1) is 19.8 Å². The summed E-state index contributed by atoms with van der Waals surface area (Å²) >= 11 is 6.34. The fraction of sp³-hybridized carbons (Fsp3) is 0.320. The van der Waals surface area contributed by atoms with Gasteiger partial charge < -0.3 is 15.8 Å². The number of ether oxygens (including phenoxy) is 1. The largest absolute Gasteiger partial charge is 1.00 e. The average Bonchev–Trinajstić information content (AvgIpc) is 3.37. The van der Waals surface area contributed by atoms with Crippen molar-refractivity contribution in [1.29, 1.82) is 0 Å². The van der Waals surface area contributed by atoms with Gasteiger partial charge >= 0.3 is 35.5 Å². The van der Waals surface area contributed by atoms with Crippen molar-refractivity contribution in [2.24, 2.45) is 5.92 Å². The zero-order valence-corrected chi connectivity index (χ0v) is 21.1. The molecule has 1 aliphatic carbocycles. The molecule has 0 atom stereocenters. The molecule has 0 bridgehead atoms. The molecule has 1 saturated carbocycles. The van der Waals surface area contributed by atoms with Gasteiger partial charge in [-0.1, -0.05) is 30.5 Å². The van der Waals surface area contributed by atoms with Gasteiger partial charge in [-0.25, -0.2) is 4.79 Å². The summed E-state index contributed by atoms with van der Waals surface area (Å²) in [5, 5.41) is 10.2. The molecule has 0 unspecified atom stereocenters. The first kappa shape index (κ1) is 23.9. The second-order valence-corrected chi connectivity index (χ2v) is 8.54. The predicted octanol–water partition coefficient (Wildman–Crippen LogP) is 3.80. The van der Waals surface area contributed by atoms with Gasteiger partial charge in [-0.3, -0.25) is 0 Å². The number of aromatic carboxylic acids is 1. The molecule has 6 heteroatoms. The van der Waals surface area contributed by atoms with Crippen molar-refractivity contribution in [1.82, 2.24) is 4.57 Å². The van der Waals surface area contributed by atoms with Gasteiger partial charge in [-0.05, 0) is 80.6 Å². The summed E-state index contributed by atoms with van der Waals surface area (Å²) in [5.74, 6) is 0.484.